The molecule has 0 aromatic heterocycles. The fourth-order valence-corrected chi connectivity index (χ4v) is 3.96. The molecule has 0 saturated heterocycles. The quantitative estimate of drug-likeness (QED) is 0.300. The zero-order valence-corrected chi connectivity index (χ0v) is 18.3. The minimum atomic E-state index is -0.264. The highest BCUT2D eigenvalue weighted by atomic mass is 19.1. The molecule has 3 rings (SSSR count). The van der Waals surface area contributed by atoms with Gasteiger partial charge in [-0.25, -0.2) is 4.39 Å². The molecule has 2 nitrogen and oxygen atoms in total. The number of halogens is 1. The summed E-state index contributed by atoms with van der Waals surface area (Å²) in [4.78, 5) is 15.4. The lowest BCUT2D eigenvalue weighted by molar-refractivity contribution is -0.133. The Balaban J connectivity index is 1.90. The number of carbonyl (C=O) groups excluding carboxylic acids is 1. The number of benzene rings is 3. The van der Waals surface area contributed by atoms with Crippen molar-refractivity contribution in [3.8, 4) is 0 Å². The van der Waals surface area contributed by atoms with Gasteiger partial charge in [0.1, 0.15) is 5.82 Å². The Labute approximate surface area is 185 Å². The number of hydrogen-bond donors (Lipinski definition) is 0. The molecule has 1 amide bonds. The Hall–Kier alpha value is -2.94. The summed E-state index contributed by atoms with van der Waals surface area (Å²) in [5, 5.41) is 0. The van der Waals surface area contributed by atoms with Crippen LogP contribution in [0.15, 0.2) is 84.9 Å². The van der Waals surface area contributed by atoms with Gasteiger partial charge in [0.15, 0.2) is 0 Å². The zero-order valence-electron chi connectivity index (χ0n) is 18.3. The summed E-state index contributed by atoms with van der Waals surface area (Å²) in [6.07, 6.45) is 6.07. The van der Waals surface area contributed by atoms with Gasteiger partial charge in [-0.3, -0.25) is 4.79 Å². The van der Waals surface area contributed by atoms with E-state index < -0.39 is 0 Å². The molecular formula is C28H32FNO. The fourth-order valence-electron chi connectivity index (χ4n) is 3.96. The van der Waals surface area contributed by atoms with Crippen LogP contribution in [-0.2, 0) is 11.3 Å². The lowest BCUT2D eigenvalue weighted by Gasteiger charge is -2.33. The van der Waals surface area contributed by atoms with E-state index in [0.717, 1.165) is 29.5 Å². The SMILES string of the molecule is CCCCCCCC(=O)N(Cc1ccc(F)cc1)C(c1ccccc1)c1ccccc1. The first-order chi connectivity index (χ1) is 15.2. The third kappa shape index (κ3) is 6.78. The van der Waals surface area contributed by atoms with E-state index in [9.17, 15) is 9.18 Å². The van der Waals surface area contributed by atoms with Gasteiger partial charge in [-0.15, -0.1) is 0 Å². The highest BCUT2D eigenvalue weighted by Crippen LogP contribution is 2.31. The molecular weight excluding hydrogens is 385 g/mol. The van der Waals surface area contributed by atoms with Crippen molar-refractivity contribution in [2.75, 3.05) is 0 Å². The van der Waals surface area contributed by atoms with Gasteiger partial charge in [-0.05, 0) is 35.2 Å². The normalized spacial score (nSPS) is 10.9. The van der Waals surface area contributed by atoms with Crippen molar-refractivity contribution in [3.63, 3.8) is 0 Å². The predicted octanol–water partition coefficient (Wildman–Crippen LogP) is 7.30. The van der Waals surface area contributed by atoms with Crippen LogP contribution in [0.1, 0.15) is 68.2 Å². The number of amides is 1. The molecule has 0 aliphatic rings. The molecule has 0 atom stereocenters. The van der Waals surface area contributed by atoms with E-state index >= 15 is 0 Å². The van der Waals surface area contributed by atoms with Gasteiger partial charge in [-0.2, -0.15) is 0 Å². The van der Waals surface area contributed by atoms with E-state index in [1.54, 1.807) is 12.1 Å². The summed E-state index contributed by atoms with van der Waals surface area (Å²) < 4.78 is 13.5. The monoisotopic (exact) mass is 417 g/mol. The van der Waals surface area contributed by atoms with Gasteiger partial charge in [-0.1, -0.05) is 105 Å². The maximum absolute atomic E-state index is 13.5. The number of hydrogen-bond acceptors (Lipinski definition) is 1. The fraction of sp³-hybridized carbons (Fsp3) is 0.321. The first-order valence-electron chi connectivity index (χ1n) is 11.3. The first kappa shape index (κ1) is 22.7. The van der Waals surface area contributed by atoms with Crippen LogP contribution in [-0.4, -0.2) is 10.8 Å². The smallest absolute Gasteiger partial charge is 0.223 e. The second kappa shape index (κ2) is 12.0. The van der Waals surface area contributed by atoms with Crippen molar-refractivity contribution in [2.45, 2.75) is 58.0 Å². The standard InChI is InChI=1S/C28H32FNO/c1-2-3-4-5-12-17-27(31)30(22-23-18-20-26(29)21-19-23)28(24-13-8-6-9-14-24)25-15-10-7-11-16-25/h6-11,13-16,18-21,28H,2-5,12,17,22H2,1H3. The molecule has 0 bridgehead atoms. The van der Waals surface area contributed by atoms with Crippen LogP contribution in [0.3, 0.4) is 0 Å². The minimum Gasteiger partial charge on any atom is -0.327 e. The first-order valence-corrected chi connectivity index (χ1v) is 11.3. The predicted molar refractivity (Wildman–Crippen MR) is 125 cm³/mol. The van der Waals surface area contributed by atoms with E-state index in [4.69, 9.17) is 0 Å². The molecule has 0 unspecified atom stereocenters. The number of rotatable bonds is 11. The molecule has 0 N–H and O–H groups in total. The molecule has 0 radical (unpaired) electrons. The highest BCUT2D eigenvalue weighted by Gasteiger charge is 2.26. The van der Waals surface area contributed by atoms with Crippen molar-refractivity contribution in [1.82, 2.24) is 4.90 Å². The molecule has 3 aromatic rings. The van der Waals surface area contributed by atoms with Gasteiger partial charge in [0.25, 0.3) is 0 Å². The lowest BCUT2D eigenvalue weighted by atomic mass is 9.95. The Kier molecular flexibility index (Phi) is 8.84. The van der Waals surface area contributed by atoms with Crippen LogP contribution in [0, 0.1) is 5.82 Å². The molecule has 0 fully saturated rings. The molecule has 0 heterocycles. The zero-order chi connectivity index (χ0) is 21.9. The second-order valence-corrected chi connectivity index (χ2v) is 8.04. The molecule has 3 heteroatoms. The van der Waals surface area contributed by atoms with E-state index in [1.165, 1.54) is 31.4 Å². The summed E-state index contributed by atoms with van der Waals surface area (Å²) in [6, 6.07) is 26.6. The van der Waals surface area contributed by atoms with Crippen LogP contribution in [0.2, 0.25) is 0 Å². The van der Waals surface area contributed by atoms with Gasteiger partial charge >= 0.3 is 0 Å². The maximum Gasteiger partial charge on any atom is 0.223 e. The van der Waals surface area contributed by atoms with E-state index in [2.05, 4.69) is 31.2 Å². The number of unbranched alkanes of at least 4 members (excludes halogenated alkanes) is 4. The van der Waals surface area contributed by atoms with Gasteiger partial charge in [0.2, 0.25) is 5.91 Å². The van der Waals surface area contributed by atoms with Crippen molar-refractivity contribution in [2.24, 2.45) is 0 Å². The van der Waals surface area contributed by atoms with Gasteiger partial charge < -0.3 is 4.90 Å². The third-order valence-electron chi connectivity index (χ3n) is 5.62. The Morgan fingerprint density at radius 2 is 1.32 bits per heavy atom. The average Bonchev–Trinajstić information content (AvgIpc) is 2.81. The highest BCUT2D eigenvalue weighted by molar-refractivity contribution is 5.77. The van der Waals surface area contributed by atoms with Crippen LogP contribution < -0.4 is 0 Å². The van der Waals surface area contributed by atoms with Gasteiger partial charge in [0.05, 0.1) is 6.04 Å². The minimum absolute atomic E-state index is 0.138. The average molecular weight is 418 g/mol. The summed E-state index contributed by atoms with van der Waals surface area (Å²) in [5.41, 5.74) is 3.09. The van der Waals surface area contributed by atoms with Crippen molar-refractivity contribution < 1.29 is 9.18 Å². The van der Waals surface area contributed by atoms with E-state index in [1.807, 2.05) is 41.3 Å². The molecule has 0 spiro atoms. The van der Waals surface area contributed by atoms with Crippen LogP contribution in [0.4, 0.5) is 4.39 Å². The van der Waals surface area contributed by atoms with Gasteiger partial charge in [0, 0.05) is 13.0 Å². The van der Waals surface area contributed by atoms with E-state index in [0.29, 0.717) is 13.0 Å². The van der Waals surface area contributed by atoms with Crippen LogP contribution in [0.5, 0.6) is 0 Å². The second-order valence-electron chi connectivity index (χ2n) is 8.04. The molecule has 3 aromatic carbocycles. The Bertz CT molecular complexity index is 869. The van der Waals surface area contributed by atoms with Crippen molar-refractivity contribution in [1.29, 1.82) is 0 Å². The molecule has 31 heavy (non-hydrogen) atoms. The summed E-state index contributed by atoms with van der Waals surface area (Å²) >= 11 is 0. The topological polar surface area (TPSA) is 20.3 Å². The number of nitrogens with zero attached hydrogens (tertiary/aromatic N) is 1. The maximum atomic E-state index is 13.5. The third-order valence-corrected chi connectivity index (χ3v) is 5.62. The van der Waals surface area contributed by atoms with Crippen LogP contribution in [0.25, 0.3) is 0 Å². The Morgan fingerprint density at radius 1 is 0.774 bits per heavy atom. The lowest BCUT2D eigenvalue weighted by Crippen LogP contribution is -2.35. The summed E-state index contributed by atoms with van der Waals surface area (Å²) in [7, 11) is 0. The van der Waals surface area contributed by atoms with Crippen molar-refractivity contribution in [3.05, 3.63) is 107 Å². The summed E-state index contributed by atoms with van der Waals surface area (Å²) in [5.74, 6) is -0.126. The van der Waals surface area contributed by atoms with Crippen LogP contribution >= 0.6 is 0 Å². The number of carbonyl (C=O) groups is 1. The van der Waals surface area contributed by atoms with Crippen molar-refractivity contribution >= 4 is 5.91 Å². The largest absolute Gasteiger partial charge is 0.327 e. The molecule has 0 saturated carbocycles. The summed E-state index contributed by atoms with van der Waals surface area (Å²) in [6.45, 7) is 2.64. The molecule has 0 aliphatic carbocycles. The Morgan fingerprint density at radius 3 is 1.87 bits per heavy atom. The molecule has 0 aliphatic heterocycles. The molecule has 162 valence electrons. The van der Waals surface area contributed by atoms with E-state index in [-0.39, 0.29) is 17.8 Å².